The predicted molar refractivity (Wildman–Crippen MR) is 90.2 cm³/mol. The normalized spacial score (nSPS) is 28.0. The molecule has 3 rings (SSSR count). The minimum Gasteiger partial charge on any atom is -0.353 e. The number of likely N-dealkylation sites (N-methyl/N-ethyl adjacent to an activating group) is 1. The van der Waals surface area contributed by atoms with Gasteiger partial charge in [0.1, 0.15) is 6.04 Å². The van der Waals surface area contributed by atoms with Crippen LogP contribution >= 0.6 is 11.3 Å². The average Bonchev–Trinajstić information content (AvgIpc) is 3.21. The van der Waals surface area contributed by atoms with Crippen LogP contribution in [0.5, 0.6) is 0 Å². The van der Waals surface area contributed by atoms with E-state index in [0.717, 1.165) is 24.3 Å². The lowest BCUT2D eigenvalue weighted by Gasteiger charge is -2.31. The summed E-state index contributed by atoms with van der Waals surface area (Å²) in [5, 5.41) is 11.2. The maximum Gasteiger partial charge on any atom is 0.238 e. The van der Waals surface area contributed by atoms with E-state index in [0.29, 0.717) is 19.5 Å². The van der Waals surface area contributed by atoms with Crippen LogP contribution in [0.2, 0.25) is 0 Å². The van der Waals surface area contributed by atoms with Crippen molar-refractivity contribution < 1.29 is 9.59 Å². The first kappa shape index (κ1) is 16.4. The Balaban J connectivity index is 1.48. The lowest BCUT2D eigenvalue weighted by Crippen LogP contribution is -2.48. The van der Waals surface area contributed by atoms with Crippen LogP contribution in [0, 0.1) is 0 Å². The summed E-state index contributed by atoms with van der Waals surface area (Å²) in [6.07, 6.45) is 2.23. The zero-order valence-electron chi connectivity index (χ0n) is 13.4. The second-order valence-electron chi connectivity index (χ2n) is 6.25. The Hall–Kier alpha value is -1.44. The number of carbonyl (C=O) groups excluding carboxylic acids is 2. The number of nitrogens with one attached hydrogen (secondary N) is 3. The molecule has 0 aliphatic carbocycles. The molecule has 0 saturated carbocycles. The quantitative estimate of drug-likeness (QED) is 0.723. The van der Waals surface area contributed by atoms with Crippen LogP contribution < -0.4 is 16.0 Å². The molecule has 2 amide bonds. The standard InChI is InChI=1S/C16H24N4O2S/c1-20-11(9-19-16(22)15-13(20)6-7-17-15)4-5-14(21)18-10-12-3-2-8-23-12/h2-3,8,11,13,15,17H,4-7,9-10H2,1H3,(H,18,21)(H,19,22)/t11-,13-,15-/m0/s1. The molecule has 3 atom stereocenters. The first-order valence-electron chi connectivity index (χ1n) is 8.17. The summed E-state index contributed by atoms with van der Waals surface area (Å²) in [7, 11) is 2.07. The van der Waals surface area contributed by atoms with E-state index in [1.54, 1.807) is 11.3 Å². The van der Waals surface area contributed by atoms with Gasteiger partial charge in [0.05, 0.1) is 6.54 Å². The molecular formula is C16H24N4O2S. The molecule has 3 N–H and O–H groups in total. The summed E-state index contributed by atoms with van der Waals surface area (Å²) in [4.78, 5) is 27.6. The smallest absolute Gasteiger partial charge is 0.238 e. The van der Waals surface area contributed by atoms with Crippen molar-refractivity contribution in [2.45, 2.75) is 43.9 Å². The highest BCUT2D eigenvalue weighted by atomic mass is 32.1. The van der Waals surface area contributed by atoms with Crippen molar-refractivity contribution >= 4 is 23.2 Å². The summed E-state index contributed by atoms with van der Waals surface area (Å²) in [6, 6.07) is 4.34. The predicted octanol–water partition coefficient (Wildman–Crippen LogP) is 0.305. The third-order valence-electron chi connectivity index (χ3n) is 4.83. The molecule has 6 nitrogen and oxygen atoms in total. The van der Waals surface area contributed by atoms with Crippen LogP contribution in [0.15, 0.2) is 17.5 Å². The fourth-order valence-electron chi connectivity index (χ4n) is 3.43. The molecule has 126 valence electrons. The van der Waals surface area contributed by atoms with Crippen LogP contribution in [0.1, 0.15) is 24.1 Å². The molecule has 1 aromatic heterocycles. The van der Waals surface area contributed by atoms with Crippen molar-refractivity contribution in [1.29, 1.82) is 0 Å². The molecule has 2 aliphatic heterocycles. The number of hydrogen-bond donors (Lipinski definition) is 3. The number of hydrogen-bond acceptors (Lipinski definition) is 5. The topological polar surface area (TPSA) is 73.5 Å². The van der Waals surface area contributed by atoms with E-state index >= 15 is 0 Å². The first-order chi connectivity index (χ1) is 11.1. The monoisotopic (exact) mass is 336 g/mol. The molecule has 7 heteroatoms. The van der Waals surface area contributed by atoms with E-state index in [4.69, 9.17) is 0 Å². The minimum absolute atomic E-state index is 0.0727. The van der Waals surface area contributed by atoms with Gasteiger partial charge in [-0.15, -0.1) is 11.3 Å². The van der Waals surface area contributed by atoms with E-state index in [1.807, 2.05) is 17.5 Å². The van der Waals surface area contributed by atoms with E-state index < -0.39 is 0 Å². The van der Waals surface area contributed by atoms with Gasteiger partial charge in [0.25, 0.3) is 0 Å². The Bertz CT molecular complexity index is 548. The van der Waals surface area contributed by atoms with Gasteiger partial charge in [0, 0.05) is 29.9 Å². The Kier molecular flexibility index (Phi) is 5.30. The Labute approximate surface area is 140 Å². The maximum atomic E-state index is 12.1. The zero-order chi connectivity index (χ0) is 16.2. The molecule has 0 unspecified atom stereocenters. The van der Waals surface area contributed by atoms with Gasteiger partial charge in [-0.2, -0.15) is 0 Å². The molecule has 2 saturated heterocycles. The van der Waals surface area contributed by atoms with Gasteiger partial charge in [-0.05, 0) is 37.9 Å². The lowest BCUT2D eigenvalue weighted by atomic mass is 10.0. The molecule has 0 radical (unpaired) electrons. The Morgan fingerprint density at radius 3 is 3.17 bits per heavy atom. The van der Waals surface area contributed by atoms with Crippen LogP contribution in [-0.2, 0) is 16.1 Å². The SMILES string of the molecule is CN1[C@@H](CCC(=O)NCc2cccs2)CNC(=O)[C@H]2NCC[C@@H]21. The molecule has 0 bridgehead atoms. The van der Waals surface area contributed by atoms with Gasteiger partial charge in [-0.1, -0.05) is 6.07 Å². The fourth-order valence-corrected chi connectivity index (χ4v) is 4.07. The minimum atomic E-state index is -0.113. The number of nitrogens with zero attached hydrogens (tertiary/aromatic N) is 1. The summed E-state index contributed by atoms with van der Waals surface area (Å²) in [5.74, 6) is 0.160. The van der Waals surface area contributed by atoms with E-state index in [1.165, 1.54) is 0 Å². The summed E-state index contributed by atoms with van der Waals surface area (Å²) >= 11 is 1.65. The lowest BCUT2D eigenvalue weighted by molar-refractivity contribution is -0.123. The van der Waals surface area contributed by atoms with E-state index in [2.05, 4.69) is 27.9 Å². The first-order valence-corrected chi connectivity index (χ1v) is 9.05. The zero-order valence-corrected chi connectivity index (χ0v) is 14.2. The summed E-state index contributed by atoms with van der Waals surface area (Å²) in [6.45, 7) is 2.09. The number of carbonyl (C=O) groups is 2. The number of thiophene rings is 1. The van der Waals surface area contributed by atoms with Gasteiger partial charge in [0.2, 0.25) is 11.8 Å². The van der Waals surface area contributed by atoms with Gasteiger partial charge >= 0.3 is 0 Å². The average molecular weight is 336 g/mol. The van der Waals surface area contributed by atoms with E-state index in [-0.39, 0.29) is 29.9 Å². The highest BCUT2D eigenvalue weighted by Crippen LogP contribution is 2.21. The molecule has 23 heavy (non-hydrogen) atoms. The number of fused-ring (bicyclic) bond motifs is 1. The van der Waals surface area contributed by atoms with Gasteiger partial charge in [-0.3, -0.25) is 14.5 Å². The van der Waals surface area contributed by atoms with Crippen LogP contribution in [-0.4, -0.2) is 55.0 Å². The van der Waals surface area contributed by atoms with Gasteiger partial charge < -0.3 is 16.0 Å². The van der Waals surface area contributed by atoms with E-state index in [9.17, 15) is 9.59 Å². The highest BCUT2D eigenvalue weighted by molar-refractivity contribution is 7.09. The third kappa shape index (κ3) is 3.91. The molecule has 0 spiro atoms. The molecular weight excluding hydrogens is 312 g/mol. The van der Waals surface area contributed by atoms with Crippen molar-refractivity contribution in [3.05, 3.63) is 22.4 Å². The van der Waals surface area contributed by atoms with Gasteiger partial charge in [0.15, 0.2) is 0 Å². The Morgan fingerprint density at radius 2 is 2.39 bits per heavy atom. The van der Waals surface area contributed by atoms with Gasteiger partial charge in [-0.25, -0.2) is 0 Å². The second kappa shape index (κ2) is 7.42. The van der Waals surface area contributed by atoms with Crippen molar-refractivity contribution in [1.82, 2.24) is 20.9 Å². The fraction of sp³-hybridized carbons (Fsp3) is 0.625. The third-order valence-corrected chi connectivity index (χ3v) is 5.70. The van der Waals surface area contributed by atoms with Crippen molar-refractivity contribution in [2.75, 3.05) is 20.1 Å². The van der Waals surface area contributed by atoms with Crippen LogP contribution in [0.3, 0.4) is 0 Å². The summed E-state index contributed by atoms with van der Waals surface area (Å²) in [5.41, 5.74) is 0. The molecule has 0 aromatic carbocycles. The maximum absolute atomic E-state index is 12.1. The molecule has 1 aromatic rings. The molecule has 2 fully saturated rings. The molecule has 2 aliphatic rings. The molecule has 3 heterocycles. The Morgan fingerprint density at radius 1 is 1.52 bits per heavy atom. The number of amides is 2. The van der Waals surface area contributed by atoms with Crippen molar-refractivity contribution in [3.8, 4) is 0 Å². The number of rotatable bonds is 5. The highest BCUT2D eigenvalue weighted by Gasteiger charge is 2.40. The van der Waals surface area contributed by atoms with Crippen LogP contribution in [0.4, 0.5) is 0 Å². The second-order valence-corrected chi connectivity index (χ2v) is 7.28. The summed E-state index contributed by atoms with van der Waals surface area (Å²) < 4.78 is 0. The largest absolute Gasteiger partial charge is 0.353 e. The van der Waals surface area contributed by atoms with Crippen molar-refractivity contribution in [3.63, 3.8) is 0 Å². The van der Waals surface area contributed by atoms with Crippen LogP contribution in [0.25, 0.3) is 0 Å². The van der Waals surface area contributed by atoms with Crippen molar-refractivity contribution in [2.24, 2.45) is 0 Å².